The molecule has 0 saturated carbocycles. The highest BCUT2D eigenvalue weighted by Crippen LogP contribution is 2.42. The summed E-state index contributed by atoms with van der Waals surface area (Å²) in [6.45, 7) is 4.42. The molecule has 20 heavy (non-hydrogen) atoms. The molecular formula is C13H18N4S3. The van der Waals surface area contributed by atoms with Crippen molar-refractivity contribution in [2.75, 3.05) is 16.9 Å². The number of anilines is 1. The van der Waals surface area contributed by atoms with Gasteiger partial charge < -0.3 is 5.43 Å². The van der Waals surface area contributed by atoms with E-state index in [0.717, 1.165) is 34.0 Å². The molecule has 2 aromatic rings. The molecule has 1 aliphatic rings. The number of aryl methyl sites for hydroxylation is 1. The zero-order chi connectivity index (χ0) is 14.1. The van der Waals surface area contributed by atoms with Crippen molar-refractivity contribution in [2.24, 2.45) is 5.84 Å². The summed E-state index contributed by atoms with van der Waals surface area (Å²) in [6.07, 6.45) is 1.02. The Morgan fingerprint density at radius 3 is 2.85 bits per heavy atom. The summed E-state index contributed by atoms with van der Waals surface area (Å²) in [6, 6.07) is 2.14. The minimum atomic E-state index is 0.359. The van der Waals surface area contributed by atoms with E-state index in [0.29, 0.717) is 10.5 Å². The fourth-order valence-corrected chi connectivity index (χ4v) is 5.98. The molecule has 0 spiro atoms. The number of thioether (sulfide) groups is 2. The third-order valence-electron chi connectivity index (χ3n) is 3.39. The number of hydrogen-bond acceptors (Lipinski definition) is 7. The molecule has 3 rings (SSSR count). The maximum absolute atomic E-state index is 5.65. The van der Waals surface area contributed by atoms with Gasteiger partial charge in [0.1, 0.15) is 10.7 Å². The third-order valence-corrected chi connectivity index (χ3v) is 7.65. The van der Waals surface area contributed by atoms with Gasteiger partial charge in [-0.05, 0) is 12.5 Å². The Kier molecular flexibility index (Phi) is 4.40. The third kappa shape index (κ3) is 2.64. The average Bonchev–Trinajstić information content (AvgIpc) is 2.89. The number of nitrogens with zero attached hydrogens (tertiary/aromatic N) is 2. The predicted octanol–water partition coefficient (Wildman–Crippen LogP) is 3.45. The van der Waals surface area contributed by atoms with Crippen LogP contribution in [0.1, 0.15) is 29.8 Å². The molecule has 0 bridgehead atoms. The van der Waals surface area contributed by atoms with E-state index in [2.05, 4.69) is 30.3 Å². The van der Waals surface area contributed by atoms with E-state index in [1.165, 1.54) is 10.6 Å². The summed E-state index contributed by atoms with van der Waals surface area (Å²) >= 11 is 5.70. The van der Waals surface area contributed by atoms with Crippen LogP contribution < -0.4 is 11.3 Å². The van der Waals surface area contributed by atoms with Crippen molar-refractivity contribution in [3.05, 3.63) is 16.8 Å². The first kappa shape index (κ1) is 14.4. The smallest absolute Gasteiger partial charge is 0.152 e. The molecule has 0 aromatic carbocycles. The molecule has 2 unspecified atom stereocenters. The highest BCUT2D eigenvalue weighted by Gasteiger charge is 2.27. The van der Waals surface area contributed by atoms with E-state index in [9.17, 15) is 0 Å². The van der Waals surface area contributed by atoms with Crippen LogP contribution in [0.5, 0.6) is 0 Å². The van der Waals surface area contributed by atoms with Crippen LogP contribution >= 0.6 is 34.9 Å². The molecule has 2 atom stereocenters. The van der Waals surface area contributed by atoms with E-state index in [1.54, 1.807) is 11.3 Å². The van der Waals surface area contributed by atoms with Crippen molar-refractivity contribution in [1.82, 2.24) is 9.97 Å². The van der Waals surface area contributed by atoms with Crippen molar-refractivity contribution in [3.8, 4) is 0 Å². The fraction of sp³-hybridized carbons (Fsp3) is 0.538. The largest absolute Gasteiger partial charge is 0.308 e. The minimum absolute atomic E-state index is 0.359. The molecule has 3 N–H and O–H groups in total. The number of thiophene rings is 1. The van der Waals surface area contributed by atoms with E-state index < -0.39 is 0 Å². The molecule has 7 heteroatoms. The molecule has 108 valence electrons. The molecular weight excluding hydrogens is 308 g/mol. The highest BCUT2D eigenvalue weighted by atomic mass is 32.2. The first-order chi connectivity index (χ1) is 9.72. The Labute approximate surface area is 131 Å². The van der Waals surface area contributed by atoms with Gasteiger partial charge in [0.2, 0.25) is 0 Å². The lowest BCUT2D eigenvalue weighted by molar-refractivity contribution is 0.834. The lowest BCUT2D eigenvalue weighted by atomic mass is 10.2. The Morgan fingerprint density at radius 1 is 1.35 bits per heavy atom. The number of fused-ring (bicyclic) bond motifs is 1. The normalized spacial score (nSPS) is 23.1. The van der Waals surface area contributed by atoms with E-state index in [4.69, 9.17) is 10.8 Å². The molecule has 1 saturated heterocycles. The lowest BCUT2D eigenvalue weighted by Crippen LogP contribution is -2.19. The molecule has 3 heterocycles. The second kappa shape index (κ2) is 6.09. The van der Waals surface area contributed by atoms with Crippen LogP contribution in [0.3, 0.4) is 0 Å². The average molecular weight is 327 g/mol. The van der Waals surface area contributed by atoms with Gasteiger partial charge in [-0.3, -0.25) is 0 Å². The first-order valence-corrected chi connectivity index (χ1v) is 9.64. The Hall–Kier alpha value is -0.500. The molecule has 4 nitrogen and oxygen atoms in total. The number of nitrogens with two attached hydrogens (primary N) is 1. The number of hydrogen-bond donors (Lipinski definition) is 2. The van der Waals surface area contributed by atoms with Gasteiger partial charge in [-0.2, -0.15) is 11.8 Å². The molecule has 1 fully saturated rings. The monoisotopic (exact) mass is 326 g/mol. The van der Waals surface area contributed by atoms with Gasteiger partial charge in [-0.25, -0.2) is 15.8 Å². The van der Waals surface area contributed by atoms with Gasteiger partial charge >= 0.3 is 0 Å². The quantitative estimate of drug-likeness (QED) is 0.665. The van der Waals surface area contributed by atoms with Crippen LogP contribution in [0.2, 0.25) is 0 Å². The second-order valence-corrected chi connectivity index (χ2v) is 8.58. The summed E-state index contributed by atoms with van der Waals surface area (Å²) in [4.78, 5) is 11.8. The van der Waals surface area contributed by atoms with Gasteiger partial charge in [-0.1, -0.05) is 13.8 Å². The SMILES string of the molecule is CCc1cc2c(NN)nc(C3SCCSC3C)nc2s1. The van der Waals surface area contributed by atoms with Crippen molar-refractivity contribution >= 4 is 50.9 Å². The van der Waals surface area contributed by atoms with Crippen LogP contribution in [0.4, 0.5) is 5.82 Å². The maximum atomic E-state index is 5.65. The number of aromatic nitrogens is 2. The van der Waals surface area contributed by atoms with Crippen LogP contribution in [0.25, 0.3) is 10.2 Å². The summed E-state index contributed by atoms with van der Waals surface area (Å²) in [5, 5.41) is 1.94. The molecule has 0 aliphatic carbocycles. The maximum Gasteiger partial charge on any atom is 0.152 e. The highest BCUT2D eigenvalue weighted by molar-refractivity contribution is 8.06. The van der Waals surface area contributed by atoms with Gasteiger partial charge in [0.15, 0.2) is 5.82 Å². The zero-order valence-corrected chi connectivity index (χ0v) is 14.0. The lowest BCUT2D eigenvalue weighted by Gasteiger charge is -2.26. The Balaban J connectivity index is 2.07. The topological polar surface area (TPSA) is 63.8 Å². The van der Waals surface area contributed by atoms with Gasteiger partial charge in [0, 0.05) is 21.6 Å². The standard InChI is InChI=1S/C13H18N4S3/c1-3-8-6-9-11(17-14)15-12(16-13(9)20-8)10-7(2)18-4-5-19-10/h6-7,10H,3-5,14H2,1-2H3,(H,15,16,17). The number of nitrogen functional groups attached to an aromatic ring is 1. The fourth-order valence-electron chi connectivity index (χ4n) is 2.32. The molecule has 1 aliphatic heterocycles. The second-order valence-electron chi connectivity index (χ2n) is 4.73. The minimum Gasteiger partial charge on any atom is -0.308 e. The van der Waals surface area contributed by atoms with Crippen LogP contribution in [-0.4, -0.2) is 26.7 Å². The van der Waals surface area contributed by atoms with Crippen LogP contribution in [0, 0.1) is 0 Å². The summed E-state index contributed by atoms with van der Waals surface area (Å²) in [5.74, 6) is 9.70. The van der Waals surface area contributed by atoms with Crippen molar-refractivity contribution in [3.63, 3.8) is 0 Å². The zero-order valence-electron chi connectivity index (χ0n) is 11.5. The van der Waals surface area contributed by atoms with Crippen molar-refractivity contribution in [1.29, 1.82) is 0 Å². The van der Waals surface area contributed by atoms with Crippen LogP contribution in [0.15, 0.2) is 6.07 Å². The van der Waals surface area contributed by atoms with Gasteiger partial charge in [0.25, 0.3) is 0 Å². The number of rotatable bonds is 3. The van der Waals surface area contributed by atoms with E-state index in [-0.39, 0.29) is 0 Å². The molecule has 2 aromatic heterocycles. The van der Waals surface area contributed by atoms with E-state index >= 15 is 0 Å². The van der Waals surface area contributed by atoms with Crippen LogP contribution in [-0.2, 0) is 6.42 Å². The Bertz CT molecular complexity index is 613. The van der Waals surface area contributed by atoms with Crippen molar-refractivity contribution < 1.29 is 0 Å². The van der Waals surface area contributed by atoms with Gasteiger partial charge in [0.05, 0.1) is 10.6 Å². The van der Waals surface area contributed by atoms with E-state index in [1.807, 2.05) is 23.5 Å². The summed E-state index contributed by atoms with van der Waals surface area (Å²) in [5.41, 5.74) is 2.74. The first-order valence-electron chi connectivity index (χ1n) is 6.73. The Morgan fingerprint density at radius 2 is 2.15 bits per heavy atom. The molecule has 0 amide bonds. The number of nitrogens with one attached hydrogen (secondary N) is 1. The summed E-state index contributed by atoms with van der Waals surface area (Å²) < 4.78 is 0. The molecule has 0 radical (unpaired) electrons. The summed E-state index contributed by atoms with van der Waals surface area (Å²) in [7, 11) is 0. The predicted molar refractivity (Wildman–Crippen MR) is 91.7 cm³/mol. The van der Waals surface area contributed by atoms with Gasteiger partial charge in [-0.15, -0.1) is 23.1 Å². The van der Waals surface area contributed by atoms with Crippen molar-refractivity contribution in [2.45, 2.75) is 30.8 Å². The number of hydrazine groups is 1.